The minimum absolute atomic E-state index is 0.0883. The zero-order chi connectivity index (χ0) is 17.4. The number of rotatable bonds is 3. The maximum Gasteiger partial charge on any atom is 0.338 e. The van der Waals surface area contributed by atoms with Crippen LogP contribution < -0.4 is 5.32 Å². The Morgan fingerprint density at radius 2 is 1.96 bits per heavy atom. The summed E-state index contributed by atoms with van der Waals surface area (Å²) in [6.45, 7) is 2.09. The second kappa shape index (κ2) is 6.02. The molecule has 1 aliphatic heterocycles. The summed E-state index contributed by atoms with van der Waals surface area (Å²) in [6.07, 6.45) is 0. The minimum atomic E-state index is -0.438. The van der Waals surface area contributed by atoms with E-state index < -0.39 is 5.92 Å². The van der Waals surface area contributed by atoms with E-state index in [4.69, 9.17) is 4.74 Å². The SMILES string of the molecule is CCOC(=O)c1ccc2ccc(C3C(=O)Nc4ccccc43)nc2c1. The molecule has 124 valence electrons. The molecule has 1 aromatic heterocycles. The fourth-order valence-corrected chi connectivity index (χ4v) is 3.14. The van der Waals surface area contributed by atoms with Crippen molar-refractivity contribution in [2.24, 2.45) is 0 Å². The van der Waals surface area contributed by atoms with Crippen LogP contribution in [0.4, 0.5) is 5.69 Å². The van der Waals surface area contributed by atoms with E-state index >= 15 is 0 Å². The van der Waals surface area contributed by atoms with Crippen molar-refractivity contribution >= 4 is 28.5 Å². The fourth-order valence-electron chi connectivity index (χ4n) is 3.14. The van der Waals surface area contributed by atoms with E-state index in [-0.39, 0.29) is 11.9 Å². The molecule has 1 N–H and O–H groups in total. The molecule has 0 saturated carbocycles. The molecule has 0 radical (unpaired) electrons. The number of ether oxygens (including phenoxy) is 1. The van der Waals surface area contributed by atoms with Gasteiger partial charge >= 0.3 is 5.97 Å². The van der Waals surface area contributed by atoms with Crippen LogP contribution in [-0.4, -0.2) is 23.5 Å². The smallest absolute Gasteiger partial charge is 0.338 e. The third-order valence-electron chi connectivity index (χ3n) is 4.31. The Morgan fingerprint density at radius 3 is 2.80 bits per heavy atom. The number of amides is 1. The number of hydrogen-bond acceptors (Lipinski definition) is 4. The van der Waals surface area contributed by atoms with Crippen LogP contribution in [0.3, 0.4) is 0 Å². The molecule has 1 atom stereocenters. The number of aromatic nitrogens is 1. The van der Waals surface area contributed by atoms with Crippen LogP contribution in [0, 0.1) is 0 Å². The molecule has 5 nitrogen and oxygen atoms in total. The number of carbonyl (C=O) groups is 2. The van der Waals surface area contributed by atoms with Gasteiger partial charge in [-0.3, -0.25) is 9.78 Å². The standard InChI is InChI=1S/C20H16N2O3/c1-2-25-20(24)13-8-7-12-9-10-16(21-17(12)11-13)18-14-5-3-4-6-15(14)22-19(18)23/h3-11,18H,2H2,1H3,(H,22,23). The maximum absolute atomic E-state index is 12.4. The molecule has 2 aromatic carbocycles. The van der Waals surface area contributed by atoms with Crippen LogP contribution in [-0.2, 0) is 9.53 Å². The zero-order valence-electron chi connectivity index (χ0n) is 13.7. The summed E-state index contributed by atoms with van der Waals surface area (Å²) < 4.78 is 5.04. The molecule has 0 bridgehead atoms. The van der Waals surface area contributed by atoms with Gasteiger partial charge < -0.3 is 10.1 Å². The topological polar surface area (TPSA) is 68.3 Å². The summed E-state index contributed by atoms with van der Waals surface area (Å²) in [5, 5.41) is 3.79. The highest BCUT2D eigenvalue weighted by Crippen LogP contribution is 2.36. The lowest BCUT2D eigenvalue weighted by Crippen LogP contribution is -2.14. The number of carbonyl (C=O) groups excluding carboxylic acids is 2. The van der Waals surface area contributed by atoms with E-state index in [2.05, 4.69) is 10.3 Å². The lowest BCUT2D eigenvalue weighted by atomic mass is 9.96. The van der Waals surface area contributed by atoms with Crippen molar-refractivity contribution in [3.8, 4) is 0 Å². The Hall–Kier alpha value is -3.21. The Balaban J connectivity index is 1.78. The average Bonchev–Trinajstić information content (AvgIpc) is 2.96. The van der Waals surface area contributed by atoms with E-state index in [9.17, 15) is 9.59 Å². The van der Waals surface area contributed by atoms with Crippen LogP contribution in [0.15, 0.2) is 54.6 Å². The number of anilines is 1. The number of nitrogens with one attached hydrogen (secondary N) is 1. The second-order valence-electron chi connectivity index (χ2n) is 5.87. The Morgan fingerprint density at radius 1 is 1.16 bits per heavy atom. The molecule has 1 amide bonds. The first-order valence-corrected chi connectivity index (χ1v) is 8.15. The Kier molecular flexibility index (Phi) is 3.69. The molecule has 1 unspecified atom stereocenters. The van der Waals surface area contributed by atoms with Crippen molar-refractivity contribution in [2.45, 2.75) is 12.8 Å². The summed E-state index contributed by atoms with van der Waals surface area (Å²) in [4.78, 5) is 29.0. The summed E-state index contributed by atoms with van der Waals surface area (Å²) >= 11 is 0. The van der Waals surface area contributed by atoms with E-state index in [1.165, 1.54) is 0 Å². The van der Waals surface area contributed by atoms with Crippen LogP contribution in [0.1, 0.15) is 34.5 Å². The fraction of sp³-hybridized carbons (Fsp3) is 0.150. The maximum atomic E-state index is 12.4. The number of hydrogen-bond donors (Lipinski definition) is 1. The van der Waals surface area contributed by atoms with Gasteiger partial charge in [0.1, 0.15) is 5.92 Å². The van der Waals surface area contributed by atoms with Gasteiger partial charge in [0.15, 0.2) is 0 Å². The van der Waals surface area contributed by atoms with E-state index in [0.29, 0.717) is 23.4 Å². The predicted molar refractivity (Wildman–Crippen MR) is 94.6 cm³/mol. The molecule has 0 aliphatic carbocycles. The highest BCUT2D eigenvalue weighted by atomic mass is 16.5. The monoisotopic (exact) mass is 332 g/mol. The molecule has 5 heteroatoms. The predicted octanol–water partition coefficient (Wildman–Crippen LogP) is 3.50. The van der Waals surface area contributed by atoms with Gasteiger partial charge in [-0.2, -0.15) is 0 Å². The third-order valence-corrected chi connectivity index (χ3v) is 4.31. The van der Waals surface area contributed by atoms with Gasteiger partial charge in [-0.1, -0.05) is 30.3 Å². The van der Waals surface area contributed by atoms with Gasteiger partial charge in [-0.25, -0.2) is 4.79 Å². The van der Waals surface area contributed by atoms with Gasteiger partial charge in [-0.15, -0.1) is 0 Å². The third kappa shape index (κ3) is 2.63. The first-order valence-electron chi connectivity index (χ1n) is 8.15. The molecular formula is C20H16N2O3. The first kappa shape index (κ1) is 15.3. The highest BCUT2D eigenvalue weighted by Gasteiger charge is 2.32. The molecule has 0 fully saturated rings. The Labute approximate surface area is 144 Å². The van der Waals surface area contributed by atoms with E-state index in [1.807, 2.05) is 42.5 Å². The van der Waals surface area contributed by atoms with Gasteiger partial charge in [0.25, 0.3) is 0 Å². The van der Waals surface area contributed by atoms with Gasteiger partial charge in [-0.05, 0) is 36.8 Å². The molecule has 3 aromatic rings. The summed E-state index contributed by atoms with van der Waals surface area (Å²) in [5.74, 6) is -0.901. The number of fused-ring (bicyclic) bond motifs is 2. The van der Waals surface area contributed by atoms with Crippen molar-refractivity contribution in [3.05, 3.63) is 71.4 Å². The highest BCUT2D eigenvalue weighted by molar-refractivity contribution is 6.05. The molecule has 25 heavy (non-hydrogen) atoms. The lowest BCUT2D eigenvalue weighted by Gasteiger charge is -2.10. The van der Waals surface area contributed by atoms with Crippen molar-refractivity contribution in [3.63, 3.8) is 0 Å². The second-order valence-corrected chi connectivity index (χ2v) is 5.87. The number of esters is 1. The quantitative estimate of drug-likeness (QED) is 0.746. The summed E-state index contributed by atoms with van der Waals surface area (Å²) in [6, 6.07) is 16.6. The van der Waals surface area contributed by atoms with Gasteiger partial charge in [0, 0.05) is 11.1 Å². The van der Waals surface area contributed by atoms with Gasteiger partial charge in [0.2, 0.25) is 5.91 Å². The first-order chi connectivity index (χ1) is 12.2. The largest absolute Gasteiger partial charge is 0.462 e. The average molecular weight is 332 g/mol. The number of para-hydroxylation sites is 1. The molecule has 4 rings (SSSR count). The van der Waals surface area contributed by atoms with E-state index in [0.717, 1.165) is 16.6 Å². The molecular weight excluding hydrogens is 316 g/mol. The number of nitrogens with zero attached hydrogens (tertiary/aromatic N) is 1. The normalized spacial score (nSPS) is 15.7. The van der Waals surface area contributed by atoms with Crippen molar-refractivity contribution in [2.75, 3.05) is 11.9 Å². The molecule has 0 spiro atoms. The van der Waals surface area contributed by atoms with Crippen LogP contribution in [0.25, 0.3) is 10.9 Å². The van der Waals surface area contributed by atoms with Crippen LogP contribution in [0.2, 0.25) is 0 Å². The zero-order valence-corrected chi connectivity index (χ0v) is 13.7. The van der Waals surface area contributed by atoms with Crippen molar-refractivity contribution in [1.82, 2.24) is 4.98 Å². The lowest BCUT2D eigenvalue weighted by molar-refractivity contribution is -0.116. The summed E-state index contributed by atoms with van der Waals surface area (Å²) in [7, 11) is 0. The van der Waals surface area contributed by atoms with Crippen LogP contribution >= 0.6 is 0 Å². The molecule has 0 saturated heterocycles. The van der Waals surface area contributed by atoms with E-state index in [1.54, 1.807) is 19.1 Å². The minimum Gasteiger partial charge on any atom is -0.462 e. The van der Waals surface area contributed by atoms with Crippen LogP contribution in [0.5, 0.6) is 0 Å². The summed E-state index contributed by atoms with van der Waals surface area (Å²) in [5.41, 5.74) is 3.52. The molecule has 1 aliphatic rings. The Bertz CT molecular complexity index is 997. The number of benzene rings is 2. The molecule has 2 heterocycles. The van der Waals surface area contributed by atoms with Crippen molar-refractivity contribution in [1.29, 1.82) is 0 Å². The van der Waals surface area contributed by atoms with Gasteiger partial charge in [0.05, 0.1) is 23.4 Å². The van der Waals surface area contributed by atoms with Crippen molar-refractivity contribution < 1.29 is 14.3 Å². The number of pyridine rings is 1.